The number of ether oxygens (including phenoxy) is 1. The molecule has 0 radical (unpaired) electrons. The van der Waals surface area contributed by atoms with E-state index in [0.29, 0.717) is 0 Å². The van der Waals surface area contributed by atoms with Crippen molar-refractivity contribution >= 4 is 0 Å². The molecule has 76 valence electrons. The molecular weight excluding hydrogens is 193 g/mol. The van der Waals surface area contributed by atoms with E-state index in [4.69, 9.17) is 4.74 Å². The molecule has 0 unspecified atom stereocenters. The zero-order chi connectivity index (χ0) is 10.7. The van der Waals surface area contributed by atoms with Gasteiger partial charge in [0.25, 0.3) is 0 Å². The molecule has 0 aliphatic rings. The lowest BCUT2D eigenvalue weighted by Crippen LogP contribution is -1.89. The summed E-state index contributed by atoms with van der Waals surface area (Å²) in [5.41, 5.74) is 1.63. The lowest BCUT2D eigenvalue weighted by molar-refractivity contribution is 0.416. The maximum absolute atomic E-state index is 12.9. The van der Waals surface area contributed by atoms with E-state index >= 15 is 0 Å². The van der Waals surface area contributed by atoms with E-state index < -0.39 is 5.95 Å². The van der Waals surface area contributed by atoms with Crippen LogP contribution in [0, 0.1) is 5.95 Å². The lowest BCUT2D eigenvalue weighted by Gasteiger charge is -2.07. The van der Waals surface area contributed by atoms with Gasteiger partial charge >= 0.3 is 0 Å². The van der Waals surface area contributed by atoms with Crippen LogP contribution in [0.3, 0.4) is 0 Å². The van der Waals surface area contributed by atoms with Gasteiger partial charge in [-0.3, -0.25) is 0 Å². The minimum atomic E-state index is -0.488. The van der Waals surface area contributed by atoms with Crippen LogP contribution in [0.1, 0.15) is 0 Å². The quantitative estimate of drug-likeness (QED) is 0.700. The van der Waals surface area contributed by atoms with E-state index in [0.717, 1.165) is 16.9 Å². The standard InChI is InChI=1S/C12H10FNO/c1-15-11-5-3-2-4-10(11)9-6-7-14-12(13)8-9/h2-8H,1H3. The number of pyridine rings is 1. The highest BCUT2D eigenvalue weighted by Crippen LogP contribution is 2.29. The van der Waals surface area contributed by atoms with Crippen molar-refractivity contribution in [1.29, 1.82) is 0 Å². The second-order valence-electron chi connectivity index (χ2n) is 3.07. The summed E-state index contributed by atoms with van der Waals surface area (Å²) >= 11 is 0. The van der Waals surface area contributed by atoms with Crippen LogP contribution in [0.15, 0.2) is 42.6 Å². The molecule has 0 amide bonds. The van der Waals surface area contributed by atoms with Crippen molar-refractivity contribution in [3.63, 3.8) is 0 Å². The lowest BCUT2D eigenvalue weighted by atomic mass is 10.1. The van der Waals surface area contributed by atoms with Crippen molar-refractivity contribution in [3.8, 4) is 16.9 Å². The van der Waals surface area contributed by atoms with E-state index in [1.165, 1.54) is 12.3 Å². The van der Waals surface area contributed by atoms with Gasteiger partial charge in [0.05, 0.1) is 7.11 Å². The third-order valence-corrected chi connectivity index (χ3v) is 2.14. The summed E-state index contributed by atoms with van der Waals surface area (Å²) in [4.78, 5) is 3.51. The fourth-order valence-electron chi connectivity index (χ4n) is 1.45. The molecule has 1 heterocycles. The topological polar surface area (TPSA) is 22.1 Å². The molecule has 0 aliphatic carbocycles. The van der Waals surface area contributed by atoms with Gasteiger partial charge in [0, 0.05) is 17.8 Å². The normalized spacial score (nSPS) is 10.0. The van der Waals surface area contributed by atoms with Crippen LogP contribution in [0.4, 0.5) is 4.39 Å². The summed E-state index contributed by atoms with van der Waals surface area (Å²) in [5.74, 6) is 0.238. The average Bonchev–Trinajstić information content (AvgIpc) is 2.29. The van der Waals surface area contributed by atoms with Crippen molar-refractivity contribution in [2.75, 3.05) is 7.11 Å². The van der Waals surface area contributed by atoms with Gasteiger partial charge in [-0.2, -0.15) is 4.39 Å². The fraction of sp³-hybridized carbons (Fsp3) is 0.0833. The second-order valence-corrected chi connectivity index (χ2v) is 3.07. The Balaban J connectivity index is 2.53. The van der Waals surface area contributed by atoms with E-state index in [1.807, 2.05) is 24.3 Å². The number of halogens is 1. The third kappa shape index (κ3) is 1.96. The van der Waals surface area contributed by atoms with Crippen LogP contribution < -0.4 is 4.74 Å². The molecule has 0 bridgehead atoms. The molecule has 0 atom stereocenters. The first-order valence-electron chi connectivity index (χ1n) is 4.56. The fourth-order valence-corrected chi connectivity index (χ4v) is 1.45. The molecule has 3 heteroatoms. The zero-order valence-corrected chi connectivity index (χ0v) is 8.27. The van der Waals surface area contributed by atoms with E-state index in [9.17, 15) is 4.39 Å². The van der Waals surface area contributed by atoms with Crippen LogP contribution in [-0.2, 0) is 0 Å². The molecular formula is C12H10FNO. The van der Waals surface area contributed by atoms with E-state index in [2.05, 4.69) is 4.98 Å². The van der Waals surface area contributed by atoms with Crippen LogP contribution in [0.2, 0.25) is 0 Å². The summed E-state index contributed by atoms with van der Waals surface area (Å²) in [7, 11) is 1.59. The minimum absolute atomic E-state index is 0.488. The molecule has 0 N–H and O–H groups in total. The predicted molar refractivity (Wildman–Crippen MR) is 56.2 cm³/mol. The molecule has 1 aromatic carbocycles. The Morgan fingerprint density at radius 2 is 2.00 bits per heavy atom. The molecule has 2 rings (SSSR count). The highest BCUT2D eigenvalue weighted by atomic mass is 19.1. The van der Waals surface area contributed by atoms with Gasteiger partial charge in [0.15, 0.2) is 0 Å². The number of hydrogen-bond acceptors (Lipinski definition) is 2. The first-order valence-corrected chi connectivity index (χ1v) is 4.56. The van der Waals surface area contributed by atoms with Crippen molar-refractivity contribution in [1.82, 2.24) is 4.98 Å². The van der Waals surface area contributed by atoms with Gasteiger partial charge in [0.2, 0.25) is 5.95 Å². The number of benzene rings is 1. The SMILES string of the molecule is COc1ccccc1-c1ccnc(F)c1. The maximum atomic E-state index is 12.9. The summed E-state index contributed by atoms with van der Waals surface area (Å²) in [5, 5.41) is 0. The number of methoxy groups -OCH3 is 1. The van der Waals surface area contributed by atoms with Gasteiger partial charge in [0.1, 0.15) is 5.75 Å². The Hall–Kier alpha value is -1.90. The summed E-state index contributed by atoms with van der Waals surface area (Å²) in [6, 6.07) is 10.6. The van der Waals surface area contributed by atoms with E-state index in [-0.39, 0.29) is 0 Å². The first kappa shape index (κ1) is 9.65. The van der Waals surface area contributed by atoms with Crippen molar-refractivity contribution in [3.05, 3.63) is 48.5 Å². The molecule has 0 saturated carbocycles. The highest BCUT2D eigenvalue weighted by Gasteiger charge is 2.05. The number of rotatable bonds is 2. The number of nitrogens with zero attached hydrogens (tertiary/aromatic N) is 1. The monoisotopic (exact) mass is 203 g/mol. The van der Waals surface area contributed by atoms with Gasteiger partial charge in [-0.25, -0.2) is 4.98 Å². The van der Waals surface area contributed by atoms with Gasteiger partial charge in [-0.1, -0.05) is 18.2 Å². The summed E-state index contributed by atoms with van der Waals surface area (Å²) < 4.78 is 18.1. The highest BCUT2D eigenvalue weighted by molar-refractivity contribution is 5.69. The Labute approximate surface area is 87.4 Å². The molecule has 2 aromatic rings. The number of aromatic nitrogens is 1. The Morgan fingerprint density at radius 3 is 2.73 bits per heavy atom. The van der Waals surface area contributed by atoms with Crippen molar-refractivity contribution < 1.29 is 9.13 Å². The molecule has 2 nitrogen and oxygen atoms in total. The van der Waals surface area contributed by atoms with Gasteiger partial charge in [-0.15, -0.1) is 0 Å². The number of para-hydroxylation sites is 1. The minimum Gasteiger partial charge on any atom is -0.496 e. The molecule has 0 aliphatic heterocycles. The van der Waals surface area contributed by atoms with Crippen LogP contribution >= 0.6 is 0 Å². The smallest absolute Gasteiger partial charge is 0.213 e. The molecule has 0 saturated heterocycles. The van der Waals surface area contributed by atoms with Gasteiger partial charge < -0.3 is 4.74 Å². The molecule has 0 fully saturated rings. The largest absolute Gasteiger partial charge is 0.496 e. The van der Waals surface area contributed by atoms with Crippen LogP contribution in [-0.4, -0.2) is 12.1 Å². The summed E-state index contributed by atoms with van der Waals surface area (Å²) in [6.45, 7) is 0. The zero-order valence-electron chi connectivity index (χ0n) is 8.27. The Morgan fingerprint density at radius 1 is 1.20 bits per heavy atom. The first-order chi connectivity index (χ1) is 7.31. The maximum Gasteiger partial charge on any atom is 0.213 e. The molecule has 15 heavy (non-hydrogen) atoms. The summed E-state index contributed by atoms with van der Waals surface area (Å²) in [6.07, 6.45) is 1.44. The van der Waals surface area contributed by atoms with Gasteiger partial charge in [-0.05, 0) is 17.7 Å². The third-order valence-electron chi connectivity index (χ3n) is 2.14. The average molecular weight is 203 g/mol. The second kappa shape index (κ2) is 4.09. The Kier molecular flexibility index (Phi) is 2.63. The number of hydrogen-bond donors (Lipinski definition) is 0. The van der Waals surface area contributed by atoms with Crippen molar-refractivity contribution in [2.24, 2.45) is 0 Å². The van der Waals surface area contributed by atoms with E-state index in [1.54, 1.807) is 13.2 Å². The predicted octanol–water partition coefficient (Wildman–Crippen LogP) is 2.90. The van der Waals surface area contributed by atoms with Crippen molar-refractivity contribution in [2.45, 2.75) is 0 Å². The van der Waals surface area contributed by atoms with Crippen LogP contribution in [0.5, 0.6) is 5.75 Å². The molecule has 0 spiro atoms. The Bertz CT molecular complexity index is 471. The molecule has 1 aromatic heterocycles. The van der Waals surface area contributed by atoms with Crippen LogP contribution in [0.25, 0.3) is 11.1 Å².